The molecule has 1 amide bonds. The number of hydrogen-bond acceptors (Lipinski definition) is 3. The number of carbonyl (C=O) groups excluding carboxylic acids is 1. The molecule has 0 aromatic heterocycles. The Hall–Kier alpha value is -3.01. The topological polar surface area (TPSA) is 77.8 Å². The largest absolute Gasteiger partial charge is 0.481 e. The fraction of sp³-hybridized carbons (Fsp3) is 0.517. The molecule has 1 heterocycles. The molecule has 0 bridgehead atoms. The maximum atomic E-state index is 14.9. The molecular weight excluding hydrogens is 521 g/mol. The van der Waals surface area contributed by atoms with E-state index in [2.05, 4.69) is 0 Å². The summed E-state index contributed by atoms with van der Waals surface area (Å²) in [7, 11) is 0. The molecule has 39 heavy (non-hydrogen) atoms. The third-order valence-electron chi connectivity index (χ3n) is 9.20. The summed E-state index contributed by atoms with van der Waals surface area (Å²) in [6.45, 7) is 0.775. The minimum Gasteiger partial charge on any atom is -0.481 e. The summed E-state index contributed by atoms with van der Waals surface area (Å²) in [6.07, 6.45) is -3.79. The smallest absolute Gasteiger partial charge is 0.426 e. The molecule has 2 aromatic carbocycles. The Balaban J connectivity index is 1.51. The minimum absolute atomic E-state index is 0.000132. The second-order valence-electron chi connectivity index (χ2n) is 11.4. The van der Waals surface area contributed by atoms with Crippen LogP contribution in [0.3, 0.4) is 0 Å². The van der Waals surface area contributed by atoms with Gasteiger partial charge in [0.2, 0.25) is 5.67 Å². The van der Waals surface area contributed by atoms with Crippen molar-refractivity contribution in [3.05, 3.63) is 70.5 Å². The van der Waals surface area contributed by atoms with E-state index in [0.717, 1.165) is 17.2 Å². The van der Waals surface area contributed by atoms with Gasteiger partial charge < -0.3 is 15.1 Å². The number of halogens is 5. The van der Waals surface area contributed by atoms with Crippen molar-refractivity contribution < 1.29 is 41.8 Å². The van der Waals surface area contributed by atoms with Gasteiger partial charge in [0.15, 0.2) is 0 Å². The number of rotatable bonds is 5. The molecule has 3 atom stereocenters. The molecule has 3 aliphatic rings. The van der Waals surface area contributed by atoms with Crippen molar-refractivity contribution in [3.63, 3.8) is 0 Å². The van der Waals surface area contributed by atoms with Gasteiger partial charge >= 0.3 is 12.1 Å². The van der Waals surface area contributed by atoms with Gasteiger partial charge in [-0.05, 0) is 86.3 Å². The zero-order valence-corrected chi connectivity index (χ0v) is 21.4. The Morgan fingerprint density at radius 1 is 1.03 bits per heavy atom. The van der Waals surface area contributed by atoms with Crippen LogP contribution in [0.25, 0.3) is 0 Å². The lowest BCUT2D eigenvalue weighted by atomic mass is 9.73. The molecule has 2 fully saturated rings. The van der Waals surface area contributed by atoms with Crippen LogP contribution in [0.4, 0.5) is 22.0 Å². The highest BCUT2D eigenvalue weighted by molar-refractivity contribution is 5.86. The van der Waals surface area contributed by atoms with Gasteiger partial charge in [-0.3, -0.25) is 9.59 Å². The standard InChI is InChI=1S/C29H30F5NO4/c1-26(31,29(32,33)34)20-4-7-22-19(14-20)15-23-27(22,16-17-2-5-21(30)6-3-17)12-13-35(23)25(38)28(39)10-8-18(9-11-28)24(36)37/h2-7,14,18,23,39H,8-13,15-16H2,1H3,(H,36,37)/t18-,23?,26?,27?,28+. The predicted octanol–water partition coefficient (Wildman–Crippen LogP) is 5.22. The highest BCUT2D eigenvalue weighted by Crippen LogP contribution is 2.53. The molecular formula is C29H30F5NO4. The molecule has 3 unspecified atom stereocenters. The molecule has 210 valence electrons. The van der Waals surface area contributed by atoms with E-state index in [1.165, 1.54) is 24.3 Å². The van der Waals surface area contributed by atoms with Crippen LogP contribution in [-0.2, 0) is 33.5 Å². The first-order valence-electron chi connectivity index (χ1n) is 13.1. The van der Waals surface area contributed by atoms with Gasteiger partial charge in [-0.25, -0.2) is 8.78 Å². The van der Waals surface area contributed by atoms with Gasteiger partial charge in [0, 0.05) is 18.0 Å². The predicted molar refractivity (Wildman–Crippen MR) is 131 cm³/mol. The van der Waals surface area contributed by atoms with Gasteiger partial charge in [0.1, 0.15) is 11.4 Å². The minimum atomic E-state index is -5.11. The van der Waals surface area contributed by atoms with Crippen molar-refractivity contribution in [3.8, 4) is 0 Å². The number of amides is 1. The Morgan fingerprint density at radius 2 is 1.67 bits per heavy atom. The number of likely N-dealkylation sites (tertiary alicyclic amines) is 1. The van der Waals surface area contributed by atoms with Crippen LogP contribution in [0.1, 0.15) is 61.3 Å². The average Bonchev–Trinajstić information content (AvgIpc) is 3.37. The summed E-state index contributed by atoms with van der Waals surface area (Å²) in [5, 5.41) is 20.6. The summed E-state index contributed by atoms with van der Waals surface area (Å²) in [6, 6.07) is 9.26. The fourth-order valence-electron chi connectivity index (χ4n) is 6.81. The molecule has 10 heteroatoms. The summed E-state index contributed by atoms with van der Waals surface area (Å²) in [5.74, 6) is -2.53. The Bertz CT molecular complexity index is 1280. The van der Waals surface area contributed by atoms with Crippen molar-refractivity contribution in [1.82, 2.24) is 4.90 Å². The van der Waals surface area contributed by atoms with E-state index in [1.54, 1.807) is 17.0 Å². The normalized spacial score (nSPS) is 30.0. The number of alkyl halides is 4. The summed E-state index contributed by atoms with van der Waals surface area (Å²) >= 11 is 0. The van der Waals surface area contributed by atoms with E-state index in [-0.39, 0.29) is 32.1 Å². The van der Waals surface area contributed by atoms with Gasteiger partial charge in [-0.15, -0.1) is 0 Å². The quantitative estimate of drug-likeness (QED) is 0.500. The van der Waals surface area contributed by atoms with E-state index in [4.69, 9.17) is 0 Å². The zero-order valence-electron chi connectivity index (χ0n) is 21.4. The maximum absolute atomic E-state index is 14.9. The number of nitrogens with zero attached hydrogens (tertiary/aromatic N) is 1. The maximum Gasteiger partial charge on any atom is 0.426 e. The SMILES string of the molecule is CC(F)(c1ccc2c(c1)CC1N(C(=O)[C@]3(O)CC[C@@H](C(=O)O)CC3)CCC21Cc1ccc(F)cc1)C(F)(F)F. The third kappa shape index (κ3) is 4.50. The van der Waals surface area contributed by atoms with Gasteiger partial charge in [0.25, 0.3) is 5.91 Å². The number of aliphatic carboxylic acids is 1. The first-order valence-corrected chi connectivity index (χ1v) is 13.1. The van der Waals surface area contributed by atoms with Crippen LogP contribution in [0.2, 0.25) is 0 Å². The van der Waals surface area contributed by atoms with Crippen LogP contribution < -0.4 is 0 Å². The summed E-state index contributed by atoms with van der Waals surface area (Å²) < 4.78 is 68.9. The van der Waals surface area contributed by atoms with E-state index < -0.39 is 58.1 Å². The van der Waals surface area contributed by atoms with Crippen LogP contribution in [0.5, 0.6) is 0 Å². The van der Waals surface area contributed by atoms with Gasteiger partial charge in [-0.1, -0.05) is 30.3 Å². The first kappa shape index (κ1) is 27.6. The number of carboxylic acids is 1. The van der Waals surface area contributed by atoms with E-state index in [0.29, 0.717) is 31.9 Å². The fourth-order valence-corrected chi connectivity index (χ4v) is 6.81. The van der Waals surface area contributed by atoms with E-state index in [9.17, 15) is 41.8 Å². The second-order valence-corrected chi connectivity index (χ2v) is 11.4. The Morgan fingerprint density at radius 3 is 2.26 bits per heavy atom. The highest BCUT2D eigenvalue weighted by atomic mass is 19.4. The lowest BCUT2D eigenvalue weighted by molar-refractivity contribution is -0.228. The summed E-state index contributed by atoms with van der Waals surface area (Å²) in [4.78, 5) is 26.7. The molecule has 1 saturated heterocycles. The summed E-state index contributed by atoms with van der Waals surface area (Å²) in [5.41, 5.74) is -4.53. The zero-order chi connectivity index (χ0) is 28.4. The monoisotopic (exact) mass is 551 g/mol. The van der Waals surface area contributed by atoms with Gasteiger partial charge in [0.05, 0.1) is 5.92 Å². The van der Waals surface area contributed by atoms with Crippen LogP contribution in [0.15, 0.2) is 42.5 Å². The number of benzene rings is 2. The van der Waals surface area contributed by atoms with Crippen LogP contribution >= 0.6 is 0 Å². The highest BCUT2D eigenvalue weighted by Gasteiger charge is 2.58. The molecule has 1 aliphatic heterocycles. The molecule has 2 aliphatic carbocycles. The molecule has 5 rings (SSSR count). The van der Waals surface area contributed by atoms with Crippen molar-refractivity contribution in [2.24, 2.45) is 5.92 Å². The Labute approximate surface area is 222 Å². The lowest BCUT2D eigenvalue weighted by Gasteiger charge is -2.39. The lowest BCUT2D eigenvalue weighted by Crippen LogP contribution is -2.54. The molecule has 0 radical (unpaired) electrons. The molecule has 1 saturated carbocycles. The van der Waals surface area contributed by atoms with Gasteiger partial charge in [-0.2, -0.15) is 13.2 Å². The van der Waals surface area contributed by atoms with Crippen LogP contribution in [0, 0.1) is 11.7 Å². The number of carbonyl (C=O) groups is 2. The molecule has 5 nitrogen and oxygen atoms in total. The van der Waals surface area contributed by atoms with Crippen molar-refractivity contribution in [2.45, 2.75) is 80.8 Å². The van der Waals surface area contributed by atoms with Crippen molar-refractivity contribution >= 4 is 11.9 Å². The molecule has 2 aromatic rings. The molecule has 0 spiro atoms. The number of hydrogen-bond donors (Lipinski definition) is 2. The van der Waals surface area contributed by atoms with E-state index >= 15 is 0 Å². The van der Waals surface area contributed by atoms with E-state index in [1.807, 2.05) is 0 Å². The number of carboxylic acid groups (broad SMARTS) is 1. The van der Waals surface area contributed by atoms with Crippen LogP contribution in [-0.4, -0.2) is 51.4 Å². The third-order valence-corrected chi connectivity index (χ3v) is 9.20. The van der Waals surface area contributed by atoms with Crippen molar-refractivity contribution in [1.29, 1.82) is 0 Å². The Kier molecular flexibility index (Phi) is 6.56. The molecule has 2 N–H and O–H groups in total. The first-order chi connectivity index (χ1) is 18.2. The van der Waals surface area contributed by atoms with Crippen molar-refractivity contribution in [2.75, 3.05) is 6.54 Å². The average molecular weight is 552 g/mol. The number of fused-ring (bicyclic) bond motifs is 3. The second kappa shape index (κ2) is 9.28. The number of aliphatic hydroxyl groups is 1.